The molecule has 30 heavy (non-hydrogen) atoms. The number of rotatable bonds is 5. The van der Waals surface area contributed by atoms with E-state index in [1.165, 1.54) is 29.2 Å². The van der Waals surface area contributed by atoms with Crippen molar-refractivity contribution in [1.29, 1.82) is 0 Å². The van der Waals surface area contributed by atoms with Crippen molar-refractivity contribution in [1.82, 2.24) is 15.5 Å². The Balaban J connectivity index is 1.47. The Hall–Kier alpha value is -3.01. The van der Waals surface area contributed by atoms with Crippen LogP contribution in [0.25, 0.3) is 5.57 Å². The van der Waals surface area contributed by atoms with Gasteiger partial charge >= 0.3 is 6.09 Å². The molecule has 2 aliphatic rings. The molecule has 0 bridgehead atoms. The Kier molecular flexibility index (Phi) is 5.67. The summed E-state index contributed by atoms with van der Waals surface area (Å²) in [4.78, 5) is 26.7. The van der Waals surface area contributed by atoms with E-state index in [1.807, 2.05) is 13.0 Å². The average molecular weight is 431 g/mol. The third kappa shape index (κ3) is 4.28. The van der Waals surface area contributed by atoms with Crippen LogP contribution in [0.2, 0.25) is 0 Å². The molecule has 1 N–H and O–H groups in total. The third-order valence-corrected chi connectivity index (χ3v) is 5.90. The molecule has 4 rings (SSSR count). The molecule has 2 aromatic rings. The van der Waals surface area contributed by atoms with E-state index in [0.717, 1.165) is 28.7 Å². The smallest absolute Gasteiger partial charge is 0.414 e. The predicted molar refractivity (Wildman–Crippen MR) is 112 cm³/mol. The van der Waals surface area contributed by atoms with Crippen molar-refractivity contribution in [3.8, 4) is 0 Å². The van der Waals surface area contributed by atoms with E-state index in [2.05, 4.69) is 20.4 Å². The second-order valence-electron chi connectivity index (χ2n) is 7.26. The SMILES string of the molecule is CC(=O)NC[C@H]1CN(c2ccc(C3=CCCN(c4nnc(C)s4)C3)c(F)c2)C(=O)O1. The van der Waals surface area contributed by atoms with Gasteiger partial charge in [-0.15, -0.1) is 10.2 Å². The van der Waals surface area contributed by atoms with Gasteiger partial charge in [-0.25, -0.2) is 9.18 Å². The summed E-state index contributed by atoms with van der Waals surface area (Å²) >= 11 is 1.52. The zero-order valence-electron chi connectivity index (χ0n) is 16.7. The number of carbonyl (C=O) groups is 2. The van der Waals surface area contributed by atoms with Crippen LogP contribution in [-0.2, 0) is 9.53 Å². The molecular formula is C20H22FN5O3S. The molecule has 0 spiro atoms. The summed E-state index contributed by atoms with van der Waals surface area (Å²) in [5.41, 5.74) is 1.82. The van der Waals surface area contributed by atoms with Crippen LogP contribution in [-0.4, -0.2) is 54.5 Å². The highest BCUT2D eigenvalue weighted by Crippen LogP contribution is 2.31. The molecular weight excluding hydrogens is 409 g/mol. The molecule has 0 radical (unpaired) electrons. The largest absolute Gasteiger partial charge is 0.442 e. The maximum absolute atomic E-state index is 15.0. The molecule has 2 aliphatic heterocycles. The Morgan fingerprint density at radius 1 is 1.40 bits per heavy atom. The Labute approximate surface area is 177 Å². The first kappa shape index (κ1) is 20.3. The van der Waals surface area contributed by atoms with Crippen molar-refractivity contribution >= 4 is 39.7 Å². The number of halogens is 1. The number of hydrogen-bond acceptors (Lipinski definition) is 7. The number of aromatic nitrogens is 2. The lowest BCUT2D eigenvalue weighted by Crippen LogP contribution is -2.33. The van der Waals surface area contributed by atoms with E-state index in [4.69, 9.17) is 4.74 Å². The minimum absolute atomic E-state index is 0.196. The first-order valence-corrected chi connectivity index (χ1v) is 10.5. The highest BCUT2D eigenvalue weighted by atomic mass is 32.1. The van der Waals surface area contributed by atoms with Crippen molar-refractivity contribution < 1.29 is 18.7 Å². The van der Waals surface area contributed by atoms with Crippen LogP contribution >= 0.6 is 11.3 Å². The van der Waals surface area contributed by atoms with Gasteiger partial charge in [-0.3, -0.25) is 9.69 Å². The van der Waals surface area contributed by atoms with Crippen LogP contribution in [0.1, 0.15) is 23.9 Å². The van der Waals surface area contributed by atoms with E-state index < -0.39 is 18.0 Å². The van der Waals surface area contributed by atoms with Gasteiger partial charge in [0.05, 0.1) is 18.8 Å². The number of carbonyl (C=O) groups excluding carboxylic acids is 2. The number of cyclic esters (lactones) is 1. The van der Waals surface area contributed by atoms with Gasteiger partial charge in [0.1, 0.15) is 16.9 Å². The number of hydrogen-bond donors (Lipinski definition) is 1. The van der Waals surface area contributed by atoms with Crippen molar-refractivity contribution in [2.24, 2.45) is 0 Å². The lowest BCUT2D eigenvalue weighted by molar-refractivity contribution is -0.119. The minimum Gasteiger partial charge on any atom is -0.442 e. The van der Waals surface area contributed by atoms with Gasteiger partial charge in [-0.2, -0.15) is 0 Å². The number of benzene rings is 1. The first-order valence-electron chi connectivity index (χ1n) is 9.67. The second kappa shape index (κ2) is 8.39. The monoisotopic (exact) mass is 431 g/mol. The van der Waals surface area contributed by atoms with E-state index in [-0.39, 0.29) is 19.0 Å². The van der Waals surface area contributed by atoms with Crippen LogP contribution in [0.3, 0.4) is 0 Å². The molecule has 0 aliphatic carbocycles. The molecule has 1 fully saturated rings. The van der Waals surface area contributed by atoms with Gasteiger partial charge in [-0.05, 0) is 37.1 Å². The van der Waals surface area contributed by atoms with E-state index in [1.54, 1.807) is 12.1 Å². The molecule has 1 aromatic heterocycles. The van der Waals surface area contributed by atoms with Crippen molar-refractivity contribution in [3.63, 3.8) is 0 Å². The highest BCUT2D eigenvalue weighted by Gasteiger charge is 2.33. The first-order chi connectivity index (χ1) is 14.4. The minimum atomic E-state index is -0.549. The van der Waals surface area contributed by atoms with Crippen molar-refractivity contribution in [2.75, 3.05) is 36.0 Å². The number of nitrogens with one attached hydrogen (secondary N) is 1. The standard InChI is InChI=1S/C20H22FN5O3S/c1-12(27)22-9-16-11-26(20(28)29-16)15-5-6-17(18(21)8-15)14-4-3-7-25(10-14)19-24-23-13(2)30-19/h4-6,8,16H,3,7,9-11H2,1-2H3,(H,22,27)/t16-/m0/s1. The number of nitrogens with zero attached hydrogens (tertiary/aromatic N) is 4. The molecule has 8 nitrogen and oxygen atoms in total. The Morgan fingerprint density at radius 3 is 2.93 bits per heavy atom. The van der Waals surface area contributed by atoms with Gasteiger partial charge in [0.25, 0.3) is 0 Å². The summed E-state index contributed by atoms with van der Waals surface area (Å²) < 4.78 is 20.2. The maximum Gasteiger partial charge on any atom is 0.414 e. The predicted octanol–water partition coefficient (Wildman–Crippen LogP) is 2.74. The molecule has 1 aromatic carbocycles. The maximum atomic E-state index is 15.0. The molecule has 158 valence electrons. The molecule has 0 saturated carbocycles. The van der Waals surface area contributed by atoms with Crippen LogP contribution in [0.4, 0.5) is 20.0 Å². The summed E-state index contributed by atoms with van der Waals surface area (Å²) in [6.07, 6.45) is 1.82. The van der Waals surface area contributed by atoms with Crippen LogP contribution in [0.15, 0.2) is 24.3 Å². The molecule has 0 unspecified atom stereocenters. The number of aryl methyl sites for hydroxylation is 1. The molecule has 1 atom stereocenters. The summed E-state index contributed by atoms with van der Waals surface area (Å²) in [7, 11) is 0. The molecule has 10 heteroatoms. The van der Waals surface area contributed by atoms with Crippen LogP contribution in [0, 0.1) is 12.7 Å². The Morgan fingerprint density at radius 2 is 2.23 bits per heavy atom. The Bertz CT molecular complexity index is 1010. The summed E-state index contributed by atoms with van der Waals surface area (Å²) in [6.45, 7) is 5.15. The average Bonchev–Trinajstić information content (AvgIpc) is 3.32. The number of anilines is 2. The van der Waals surface area contributed by atoms with Crippen LogP contribution < -0.4 is 15.1 Å². The zero-order valence-corrected chi connectivity index (χ0v) is 17.5. The fraction of sp³-hybridized carbons (Fsp3) is 0.400. The third-order valence-electron chi connectivity index (χ3n) is 5.00. The fourth-order valence-electron chi connectivity index (χ4n) is 3.54. The van der Waals surface area contributed by atoms with Crippen molar-refractivity contribution in [2.45, 2.75) is 26.4 Å². The quantitative estimate of drug-likeness (QED) is 0.783. The van der Waals surface area contributed by atoms with Gasteiger partial charge < -0.3 is 15.0 Å². The summed E-state index contributed by atoms with van der Waals surface area (Å²) in [5.74, 6) is -0.592. The fourth-order valence-corrected chi connectivity index (χ4v) is 4.26. The molecule has 1 saturated heterocycles. The van der Waals surface area contributed by atoms with Gasteiger partial charge in [0, 0.05) is 25.6 Å². The number of ether oxygens (including phenoxy) is 1. The zero-order chi connectivity index (χ0) is 21.3. The van der Waals surface area contributed by atoms with Crippen molar-refractivity contribution in [3.05, 3.63) is 40.7 Å². The number of amides is 2. The molecule has 3 heterocycles. The van der Waals surface area contributed by atoms with Gasteiger partial charge in [0.15, 0.2) is 0 Å². The molecule has 2 amide bonds. The second-order valence-corrected chi connectivity index (χ2v) is 8.42. The van der Waals surface area contributed by atoms with Gasteiger partial charge in [0.2, 0.25) is 11.0 Å². The topological polar surface area (TPSA) is 87.7 Å². The van der Waals surface area contributed by atoms with Gasteiger partial charge in [-0.1, -0.05) is 17.4 Å². The summed E-state index contributed by atoms with van der Waals surface area (Å²) in [6, 6.07) is 4.77. The lowest BCUT2D eigenvalue weighted by Gasteiger charge is -2.27. The summed E-state index contributed by atoms with van der Waals surface area (Å²) in [5, 5.41) is 12.6. The van der Waals surface area contributed by atoms with E-state index in [0.29, 0.717) is 17.8 Å². The normalized spacial score (nSPS) is 19.0. The van der Waals surface area contributed by atoms with E-state index >= 15 is 0 Å². The van der Waals surface area contributed by atoms with E-state index in [9.17, 15) is 14.0 Å². The van der Waals surface area contributed by atoms with Crippen LogP contribution in [0.5, 0.6) is 0 Å². The highest BCUT2D eigenvalue weighted by molar-refractivity contribution is 7.15. The lowest BCUT2D eigenvalue weighted by atomic mass is 10.0.